The van der Waals surface area contributed by atoms with Crippen molar-refractivity contribution in [1.29, 1.82) is 0 Å². The van der Waals surface area contributed by atoms with E-state index >= 15 is 0 Å². The molecule has 1 atom stereocenters. The van der Waals surface area contributed by atoms with Gasteiger partial charge < -0.3 is 10.5 Å². The molecule has 2 rings (SSSR count). The molecule has 0 aliphatic rings. The Morgan fingerprint density at radius 1 is 1.50 bits per heavy atom. The molecule has 0 aromatic carbocycles. The number of nitrogens with two attached hydrogens (primary N) is 1. The lowest BCUT2D eigenvalue weighted by atomic mass is 10.1. The van der Waals surface area contributed by atoms with Gasteiger partial charge in [0.15, 0.2) is 0 Å². The Bertz CT molecular complexity index is 566. The summed E-state index contributed by atoms with van der Waals surface area (Å²) in [5, 5.41) is 2.45. The van der Waals surface area contributed by atoms with E-state index in [2.05, 4.69) is 9.97 Å². The van der Waals surface area contributed by atoms with Gasteiger partial charge >= 0.3 is 0 Å². The Hall–Kier alpha value is -1.79. The van der Waals surface area contributed by atoms with Crippen LogP contribution in [0.5, 0.6) is 5.75 Å². The monoisotopic (exact) mass is 263 g/mol. The summed E-state index contributed by atoms with van der Waals surface area (Å²) in [6, 6.07) is 1.47. The minimum atomic E-state index is -0.176. The molecule has 0 bridgehead atoms. The van der Waals surface area contributed by atoms with E-state index in [0.717, 1.165) is 5.01 Å². The standard InChI is InChI=1S/C12H13N3O2S/c1-7(13)12-15-10(6-18-12)11(16)8-3-9(17-2)5-14-4-8/h3-7H,13H2,1-2H3. The number of carbonyl (C=O) groups excluding carboxylic acids is 1. The van der Waals surface area contributed by atoms with Gasteiger partial charge in [0.2, 0.25) is 5.78 Å². The lowest BCUT2D eigenvalue weighted by Crippen LogP contribution is -2.07. The van der Waals surface area contributed by atoms with Crippen LogP contribution in [0.25, 0.3) is 0 Å². The van der Waals surface area contributed by atoms with E-state index in [9.17, 15) is 4.79 Å². The van der Waals surface area contributed by atoms with Crippen LogP contribution in [0.4, 0.5) is 0 Å². The Morgan fingerprint density at radius 3 is 2.89 bits per heavy atom. The highest BCUT2D eigenvalue weighted by atomic mass is 32.1. The predicted molar refractivity (Wildman–Crippen MR) is 68.9 cm³/mol. The van der Waals surface area contributed by atoms with Crippen molar-refractivity contribution in [3.05, 3.63) is 40.1 Å². The maximum Gasteiger partial charge on any atom is 0.213 e. The van der Waals surface area contributed by atoms with Crippen LogP contribution < -0.4 is 10.5 Å². The second-order valence-electron chi connectivity index (χ2n) is 3.80. The average molecular weight is 263 g/mol. The lowest BCUT2D eigenvalue weighted by molar-refractivity contribution is 0.103. The molecule has 6 heteroatoms. The van der Waals surface area contributed by atoms with Gasteiger partial charge in [0, 0.05) is 17.1 Å². The van der Waals surface area contributed by atoms with Gasteiger partial charge in [-0.3, -0.25) is 9.78 Å². The molecule has 2 heterocycles. The molecule has 0 amide bonds. The van der Waals surface area contributed by atoms with E-state index in [1.807, 2.05) is 6.92 Å². The number of ether oxygens (including phenoxy) is 1. The summed E-state index contributed by atoms with van der Waals surface area (Å²) in [4.78, 5) is 20.3. The van der Waals surface area contributed by atoms with Crippen molar-refractivity contribution < 1.29 is 9.53 Å². The summed E-state index contributed by atoms with van der Waals surface area (Å²) in [6.07, 6.45) is 3.04. The number of hydrogen-bond acceptors (Lipinski definition) is 6. The van der Waals surface area contributed by atoms with Crippen LogP contribution in [-0.4, -0.2) is 22.9 Å². The first kappa shape index (κ1) is 12.7. The molecule has 2 N–H and O–H groups in total. The molecule has 18 heavy (non-hydrogen) atoms. The molecule has 0 aliphatic heterocycles. The van der Waals surface area contributed by atoms with E-state index in [1.165, 1.54) is 24.6 Å². The van der Waals surface area contributed by atoms with Crippen LogP contribution in [0, 0.1) is 0 Å². The van der Waals surface area contributed by atoms with Gasteiger partial charge in [-0.05, 0) is 13.0 Å². The first-order valence-electron chi connectivity index (χ1n) is 5.36. The van der Waals surface area contributed by atoms with Gasteiger partial charge in [-0.2, -0.15) is 0 Å². The number of nitrogens with zero attached hydrogens (tertiary/aromatic N) is 2. The highest BCUT2D eigenvalue weighted by Gasteiger charge is 2.15. The molecule has 2 aromatic rings. The van der Waals surface area contributed by atoms with Crippen molar-refractivity contribution in [3.63, 3.8) is 0 Å². The summed E-state index contributed by atoms with van der Waals surface area (Å²) in [6.45, 7) is 1.83. The molecule has 5 nitrogen and oxygen atoms in total. The molecule has 0 saturated carbocycles. The maximum absolute atomic E-state index is 12.2. The summed E-state index contributed by atoms with van der Waals surface area (Å²) < 4.78 is 5.03. The van der Waals surface area contributed by atoms with Crippen molar-refractivity contribution in [2.75, 3.05) is 7.11 Å². The van der Waals surface area contributed by atoms with Crippen molar-refractivity contribution in [3.8, 4) is 5.75 Å². The molecule has 2 aromatic heterocycles. The second-order valence-corrected chi connectivity index (χ2v) is 4.69. The van der Waals surface area contributed by atoms with Gasteiger partial charge in [-0.1, -0.05) is 0 Å². The fourth-order valence-corrected chi connectivity index (χ4v) is 2.16. The summed E-state index contributed by atoms with van der Waals surface area (Å²) in [5.41, 5.74) is 6.56. The molecule has 94 valence electrons. The van der Waals surface area contributed by atoms with Gasteiger partial charge in [0.05, 0.1) is 19.3 Å². The van der Waals surface area contributed by atoms with Gasteiger partial charge in [-0.25, -0.2) is 4.98 Å². The number of pyridine rings is 1. The smallest absolute Gasteiger partial charge is 0.213 e. The fourth-order valence-electron chi connectivity index (χ4n) is 1.40. The zero-order valence-electron chi connectivity index (χ0n) is 10.1. The SMILES string of the molecule is COc1cncc(C(=O)c2csc(C(C)N)n2)c1. The zero-order chi connectivity index (χ0) is 13.1. The van der Waals surface area contributed by atoms with E-state index in [1.54, 1.807) is 17.6 Å². The number of hydrogen-bond donors (Lipinski definition) is 1. The molecular weight excluding hydrogens is 250 g/mol. The van der Waals surface area contributed by atoms with Gasteiger partial charge in [0.25, 0.3) is 0 Å². The molecule has 0 spiro atoms. The maximum atomic E-state index is 12.2. The minimum Gasteiger partial charge on any atom is -0.495 e. The minimum absolute atomic E-state index is 0.167. The third kappa shape index (κ3) is 2.55. The Balaban J connectivity index is 2.29. The predicted octanol–water partition coefficient (Wildman–Crippen LogP) is 1.80. The van der Waals surface area contributed by atoms with E-state index < -0.39 is 0 Å². The molecular formula is C12H13N3O2S. The Labute approximate surface area is 109 Å². The summed E-state index contributed by atoms with van der Waals surface area (Å²) >= 11 is 1.38. The number of rotatable bonds is 4. The van der Waals surface area contributed by atoms with Crippen LogP contribution in [0.2, 0.25) is 0 Å². The number of ketones is 1. The summed E-state index contributed by atoms with van der Waals surface area (Å²) in [5.74, 6) is 0.369. The van der Waals surface area contributed by atoms with Crippen LogP contribution in [0.1, 0.15) is 34.0 Å². The van der Waals surface area contributed by atoms with Crippen molar-refractivity contribution in [2.45, 2.75) is 13.0 Å². The average Bonchev–Trinajstić information content (AvgIpc) is 2.87. The van der Waals surface area contributed by atoms with Crippen LogP contribution >= 0.6 is 11.3 Å². The molecule has 0 saturated heterocycles. The molecule has 1 unspecified atom stereocenters. The third-order valence-corrected chi connectivity index (χ3v) is 3.40. The molecule has 0 fully saturated rings. The van der Waals surface area contributed by atoms with E-state index in [0.29, 0.717) is 17.0 Å². The van der Waals surface area contributed by atoms with E-state index in [4.69, 9.17) is 10.5 Å². The van der Waals surface area contributed by atoms with Gasteiger partial charge in [0.1, 0.15) is 16.5 Å². The zero-order valence-corrected chi connectivity index (χ0v) is 10.9. The van der Waals surface area contributed by atoms with Crippen molar-refractivity contribution in [2.24, 2.45) is 5.73 Å². The highest BCUT2D eigenvalue weighted by Crippen LogP contribution is 2.19. The van der Waals surface area contributed by atoms with Crippen LogP contribution in [-0.2, 0) is 0 Å². The van der Waals surface area contributed by atoms with Crippen LogP contribution in [0.15, 0.2) is 23.8 Å². The highest BCUT2D eigenvalue weighted by molar-refractivity contribution is 7.09. The molecule has 0 radical (unpaired) electrons. The Kier molecular flexibility index (Phi) is 3.69. The van der Waals surface area contributed by atoms with Crippen molar-refractivity contribution in [1.82, 2.24) is 9.97 Å². The number of aromatic nitrogens is 2. The van der Waals surface area contributed by atoms with Crippen LogP contribution in [0.3, 0.4) is 0 Å². The quantitative estimate of drug-likeness (QED) is 0.851. The largest absolute Gasteiger partial charge is 0.495 e. The first-order chi connectivity index (χ1) is 8.61. The number of carbonyl (C=O) groups is 1. The van der Waals surface area contributed by atoms with Crippen molar-refractivity contribution >= 4 is 17.1 Å². The normalized spacial score (nSPS) is 12.2. The fraction of sp³-hybridized carbons (Fsp3) is 0.250. The first-order valence-corrected chi connectivity index (χ1v) is 6.24. The van der Waals surface area contributed by atoms with E-state index in [-0.39, 0.29) is 11.8 Å². The van der Waals surface area contributed by atoms with Gasteiger partial charge in [-0.15, -0.1) is 11.3 Å². The third-order valence-electron chi connectivity index (χ3n) is 2.36. The second kappa shape index (κ2) is 5.24. The lowest BCUT2D eigenvalue weighted by Gasteiger charge is -2.01. The topological polar surface area (TPSA) is 78.1 Å². The number of methoxy groups -OCH3 is 1. The Morgan fingerprint density at radius 2 is 2.28 bits per heavy atom. The summed E-state index contributed by atoms with van der Waals surface area (Å²) in [7, 11) is 1.53. The number of thiazole rings is 1. The molecule has 0 aliphatic carbocycles.